The van der Waals surface area contributed by atoms with Crippen molar-refractivity contribution in [2.75, 3.05) is 19.6 Å². The second kappa shape index (κ2) is 9.03. The van der Waals surface area contributed by atoms with Crippen LogP contribution in [0, 0.1) is 0 Å². The summed E-state index contributed by atoms with van der Waals surface area (Å²) in [6.07, 6.45) is 6.61. The van der Waals surface area contributed by atoms with Crippen molar-refractivity contribution in [3.8, 4) is 0 Å². The van der Waals surface area contributed by atoms with Crippen molar-refractivity contribution in [3.63, 3.8) is 0 Å². The van der Waals surface area contributed by atoms with E-state index in [0.29, 0.717) is 23.7 Å². The number of hydrogen-bond acceptors (Lipinski definition) is 4. The normalized spacial score (nSPS) is 16.9. The molecule has 2 aromatic heterocycles. The summed E-state index contributed by atoms with van der Waals surface area (Å²) in [5.41, 5.74) is 1.51. The van der Waals surface area contributed by atoms with Gasteiger partial charge in [0.2, 0.25) is 0 Å². The molecule has 1 fully saturated rings. The van der Waals surface area contributed by atoms with Gasteiger partial charge in [-0.3, -0.25) is 14.8 Å². The van der Waals surface area contributed by atoms with E-state index in [0.717, 1.165) is 12.1 Å². The summed E-state index contributed by atoms with van der Waals surface area (Å²) < 4.78 is 0. The van der Waals surface area contributed by atoms with Crippen molar-refractivity contribution < 1.29 is 4.79 Å². The van der Waals surface area contributed by atoms with Gasteiger partial charge in [0, 0.05) is 44.4 Å². The lowest BCUT2D eigenvalue weighted by atomic mass is 10.0. The molecule has 8 heteroatoms. The fourth-order valence-electron chi connectivity index (χ4n) is 2.52. The number of nitrogens with zero attached hydrogens (tertiary/aromatic N) is 3. The van der Waals surface area contributed by atoms with E-state index in [1.165, 1.54) is 6.20 Å². The van der Waals surface area contributed by atoms with Crippen molar-refractivity contribution in [3.05, 3.63) is 59.1 Å². The summed E-state index contributed by atoms with van der Waals surface area (Å²) >= 11 is 6.09. The van der Waals surface area contributed by atoms with E-state index >= 15 is 0 Å². The van der Waals surface area contributed by atoms with Gasteiger partial charge in [-0.05, 0) is 17.7 Å². The van der Waals surface area contributed by atoms with Gasteiger partial charge in [-0.25, -0.2) is 0 Å². The molecule has 0 aromatic carbocycles. The highest BCUT2D eigenvalue weighted by molar-refractivity contribution is 6.33. The van der Waals surface area contributed by atoms with Crippen LogP contribution in [0.5, 0.6) is 0 Å². The van der Waals surface area contributed by atoms with E-state index in [-0.39, 0.29) is 36.8 Å². The standard InChI is InChI=1S/C15H15ClN4O.2ClH/c16-13-9-18-5-3-12(13)15(21)20-7-6-19-10-14(20)11-2-1-4-17-8-11;;/h1-5,8-9,14,19H,6-7,10H2;2*1H. The minimum atomic E-state index is -0.0715. The van der Waals surface area contributed by atoms with Crippen LogP contribution < -0.4 is 5.32 Å². The van der Waals surface area contributed by atoms with E-state index in [2.05, 4.69) is 15.3 Å². The molecular formula is C15H17Cl3N4O. The number of pyridine rings is 2. The SMILES string of the molecule is Cl.Cl.O=C(c1ccncc1Cl)N1CCNCC1c1cccnc1. The zero-order chi connectivity index (χ0) is 14.7. The second-order valence-corrected chi connectivity index (χ2v) is 5.27. The Balaban J connectivity index is 0.00000132. The van der Waals surface area contributed by atoms with Crippen LogP contribution in [0.2, 0.25) is 5.02 Å². The van der Waals surface area contributed by atoms with Gasteiger partial charge in [0.25, 0.3) is 5.91 Å². The van der Waals surface area contributed by atoms with Crippen molar-refractivity contribution >= 4 is 42.3 Å². The minimum Gasteiger partial charge on any atom is -0.329 e. The molecule has 2 aromatic rings. The van der Waals surface area contributed by atoms with Crippen LogP contribution >= 0.6 is 36.4 Å². The molecule has 23 heavy (non-hydrogen) atoms. The Morgan fingerprint density at radius 2 is 2.00 bits per heavy atom. The maximum absolute atomic E-state index is 12.8. The molecular weight excluding hydrogens is 359 g/mol. The summed E-state index contributed by atoms with van der Waals surface area (Å²) in [5.74, 6) is -0.0715. The van der Waals surface area contributed by atoms with Crippen LogP contribution in [0.3, 0.4) is 0 Å². The van der Waals surface area contributed by atoms with E-state index in [4.69, 9.17) is 11.6 Å². The average molecular weight is 376 g/mol. The van der Waals surface area contributed by atoms with Crippen molar-refractivity contribution in [2.24, 2.45) is 0 Å². The number of nitrogens with one attached hydrogen (secondary N) is 1. The molecule has 1 saturated heterocycles. The van der Waals surface area contributed by atoms with Gasteiger partial charge >= 0.3 is 0 Å². The van der Waals surface area contributed by atoms with Gasteiger partial charge in [-0.1, -0.05) is 17.7 Å². The van der Waals surface area contributed by atoms with Gasteiger partial charge in [-0.2, -0.15) is 0 Å². The number of halogens is 3. The predicted molar refractivity (Wildman–Crippen MR) is 94.6 cm³/mol. The first-order valence-electron chi connectivity index (χ1n) is 6.78. The number of carbonyl (C=O) groups is 1. The fraction of sp³-hybridized carbons (Fsp3) is 0.267. The Morgan fingerprint density at radius 3 is 2.70 bits per heavy atom. The summed E-state index contributed by atoms with van der Waals surface area (Å²) in [4.78, 5) is 22.7. The molecule has 0 bridgehead atoms. The highest BCUT2D eigenvalue weighted by Crippen LogP contribution is 2.25. The van der Waals surface area contributed by atoms with Gasteiger partial charge in [0.1, 0.15) is 0 Å². The number of rotatable bonds is 2. The van der Waals surface area contributed by atoms with Crippen LogP contribution in [-0.4, -0.2) is 40.4 Å². The van der Waals surface area contributed by atoms with Crippen LogP contribution in [-0.2, 0) is 0 Å². The quantitative estimate of drug-likeness (QED) is 0.877. The Morgan fingerprint density at radius 1 is 1.22 bits per heavy atom. The Bertz CT molecular complexity index is 642. The van der Waals surface area contributed by atoms with Crippen LogP contribution in [0.1, 0.15) is 22.0 Å². The number of aromatic nitrogens is 2. The first kappa shape index (κ1) is 19.6. The molecule has 3 heterocycles. The van der Waals surface area contributed by atoms with Crippen molar-refractivity contribution in [2.45, 2.75) is 6.04 Å². The minimum absolute atomic E-state index is 0. The maximum atomic E-state index is 12.8. The Labute approximate surface area is 152 Å². The zero-order valence-electron chi connectivity index (χ0n) is 12.2. The number of piperazine rings is 1. The molecule has 0 aliphatic carbocycles. The molecule has 124 valence electrons. The van der Waals surface area contributed by atoms with E-state index in [1.807, 2.05) is 17.0 Å². The highest BCUT2D eigenvalue weighted by Gasteiger charge is 2.29. The summed E-state index contributed by atoms with van der Waals surface area (Å²) in [6.45, 7) is 2.11. The molecule has 0 spiro atoms. The summed E-state index contributed by atoms with van der Waals surface area (Å²) in [7, 11) is 0. The third-order valence-corrected chi connectivity index (χ3v) is 3.88. The first-order chi connectivity index (χ1) is 10.3. The largest absolute Gasteiger partial charge is 0.329 e. The van der Waals surface area contributed by atoms with Gasteiger partial charge < -0.3 is 10.2 Å². The first-order valence-corrected chi connectivity index (χ1v) is 7.16. The third-order valence-electron chi connectivity index (χ3n) is 3.58. The molecule has 1 aliphatic rings. The van der Waals surface area contributed by atoms with Crippen LogP contribution in [0.15, 0.2) is 43.0 Å². The Kier molecular flexibility index (Phi) is 7.72. The molecule has 0 saturated carbocycles. The lowest BCUT2D eigenvalue weighted by Crippen LogP contribution is -2.48. The Hall–Kier alpha value is -1.40. The average Bonchev–Trinajstić information content (AvgIpc) is 2.55. The van der Waals surface area contributed by atoms with Crippen molar-refractivity contribution in [1.82, 2.24) is 20.2 Å². The molecule has 1 N–H and O–H groups in total. The monoisotopic (exact) mass is 374 g/mol. The lowest BCUT2D eigenvalue weighted by Gasteiger charge is -2.36. The van der Waals surface area contributed by atoms with E-state index in [1.54, 1.807) is 24.7 Å². The fourth-order valence-corrected chi connectivity index (χ4v) is 2.72. The number of carbonyl (C=O) groups excluding carboxylic acids is 1. The van der Waals surface area contributed by atoms with Gasteiger partial charge in [0.15, 0.2) is 0 Å². The second-order valence-electron chi connectivity index (χ2n) is 4.86. The van der Waals surface area contributed by atoms with Crippen LogP contribution in [0.25, 0.3) is 0 Å². The smallest absolute Gasteiger partial charge is 0.256 e. The van der Waals surface area contributed by atoms with E-state index < -0.39 is 0 Å². The van der Waals surface area contributed by atoms with Crippen molar-refractivity contribution in [1.29, 1.82) is 0 Å². The molecule has 1 unspecified atom stereocenters. The van der Waals surface area contributed by atoms with Crippen LogP contribution in [0.4, 0.5) is 0 Å². The molecule has 0 radical (unpaired) electrons. The third kappa shape index (κ3) is 4.32. The molecule has 1 amide bonds. The highest BCUT2D eigenvalue weighted by atomic mass is 35.5. The number of hydrogen-bond donors (Lipinski definition) is 1. The topological polar surface area (TPSA) is 58.1 Å². The number of amides is 1. The molecule has 3 rings (SSSR count). The molecule has 1 atom stereocenters. The van der Waals surface area contributed by atoms with Gasteiger partial charge in [0.05, 0.1) is 16.6 Å². The lowest BCUT2D eigenvalue weighted by molar-refractivity contribution is 0.0634. The zero-order valence-corrected chi connectivity index (χ0v) is 14.6. The molecule has 5 nitrogen and oxygen atoms in total. The van der Waals surface area contributed by atoms with Gasteiger partial charge in [-0.15, -0.1) is 24.8 Å². The molecule has 1 aliphatic heterocycles. The maximum Gasteiger partial charge on any atom is 0.256 e. The van der Waals surface area contributed by atoms with E-state index in [9.17, 15) is 4.79 Å². The summed E-state index contributed by atoms with van der Waals surface area (Å²) in [5, 5.41) is 3.70. The summed E-state index contributed by atoms with van der Waals surface area (Å²) in [6, 6.07) is 5.49. The predicted octanol–water partition coefficient (Wildman–Crippen LogP) is 2.76.